The Morgan fingerprint density at radius 1 is 1.63 bits per heavy atom. The molecule has 3 heterocycles. The Hall–Kier alpha value is -1.88. The third-order valence-corrected chi connectivity index (χ3v) is 3.52. The zero-order valence-corrected chi connectivity index (χ0v) is 10.8. The molecule has 0 amide bonds. The van der Waals surface area contributed by atoms with Gasteiger partial charge in [0.15, 0.2) is 0 Å². The third-order valence-electron chi connectivity index (χ3n) is 3.52. The monoisotopic (exact) mass is 260 g/mol. The first-order valence-corrected chi connectivity index (χ1v) is 6.40. The Labute approximate surface area is 111 Å². The fourth-order valence-corrected chi connectivity index (χ4v) is 2.45. The van der Waals surface area contributed by atoms with E-state index in [0.29, 0.717) is 11.5 Å². The van der Waals surface area contributed by atoms with Crippen LogP contribution < -0.4 is 0 Å². The van der Waals surface area contributed by atoms with E-state index in [9.17, 15) is 4.79 Å². The van der Waals surface area contributed by atoms with Crippen molar-refractivity contribution in [2.75, 3.05) is 20.3 Å². The summed E-state index contributed by atoms with van der Waals surface area (Å²) in [7, 11) is 1.38. The number of imidazole rings is 1. The molecule has 0 aromatic carbocycles. The van der Waals surface area contributed by atoms with Crippen LogP contribution in [0.1, 0.15) is 22.6 Å². The predicted octanol–water partition coefficient (Wildman–Crippen LogP) is 1.70. The standard InChI is InChI=1S/C14H16N2O3/c1-18-14(17)11-2-4-16-12(7-11)8-15-13(16)6-10-3-5-19-9-10/h2,4,7-8,10H,3,5-6,9H2,1H3. The normalized spacial score (nSPS) is 18.9. The van der Waals surface area contributed by atoms with E-state index in [1.54, 1.807) is 18.3 Å². The van der Waals surface area contributed by atoms with E-state index in [1.165, 1.54) is 7.11 Å². The average Bonchev–Trinajstić information content (AvgIpc) is 3.08. The van der Waals surface area contributed by atoms with Crippen LogP contribution >= 0.6 is 0 Å². The molecule has 1 fully saturated rings. The van der Waals surface area contributed by atoms with Crippen molar-refractivity contribution in [2.24, 2.45) is 5.92 Å². The molecule has 0 bridgehead atoms. The lowest BCUT2D eigenvalue weighted by atomic mass is 10.1. The zero-order valence-electron chi connectivity index (χ0n) is 10.8. The molecule has 0 aliphatic carbocycles. The molecule has 5 heteroatoms. The second-order valence-corrected chi connectivity index (χ2v) is 4.81. The lowest BCUT2D eigenvalue weighted by Gasteiger charge is -2.07. The Balaban J connectivity index is 1.88. The van der Waals surface area contributed by atoms with Crippen LogP contribution in [0.5, 0.6) is 0 Å². The molecule has 1 atom stereocenters. The first-order chi connectivity index (χ1) is 9.28. The number of aromatic nitrogens is 2. The van der Waals surface area contributed by atoms with Crippen molar-refractivity contribution in [1.29, 1.82) is 0 Å². The number of hydrogen-bond acceptors (Lipinski definition) is 4. The van der Waals surface area contributed by atoms with E-state index < -0.39 is 0 Å². The van der Waals surface area contributed by atoms with Crippen molar-refractivity contribution in [1.82, 2.24) is 9.38 Å². The van der Waals surface area contributed by atoms with E-state index in [-0.39, 0.29) is 5.97 Å². The topological polar surface area (TPSA) is 52.8 Å². The molecular weight excluding hydrogens is 244 g/mol. The Morgan fingerprint density at radius 3 is 3.26 bits per heavy atom. The number of esters is 1. The van der Waals surface area contributed by atoms with Crippen LogP contribution in [0.4, 0.5) is 0 Å². The Morgan fingerprint density at radius 2 is 2.53 bits per heavy atom. The van der Waals surface area contributed by atoms with Gasteiger partial charge in [-0.15, -0.1) is 0 Å². The van der Waals surface area contributed by atoms with Crippen LogP contribution in [0.15, 0.2) is 24.5 Å². The van der Waals surface area contributed by atoms with Crippen LogP contribution in [-0.4, -0.2) is 35.7 Å². The van der Waals surface area contributed by atoms with Crippen molar-refractivity contribution >= 4 is 11.5 Å². The fraction of sp³-hybridized carbons (Fsp3) is 0.429. The highest BCUT2D eigenvalue weighted by atomic mass is 16.5. The SMILES string of the molecule is COC(=O)c1ccn2c(CC3CCOC3)ncc2c1. The van der Waals surface area contributed by atoms with Crippen LogP contribution in [0, 0.1) is 5.92 Å². The number of hydrogen-bond donors (Lipinski definition) is 0. The highest BCUT2D eigenvalue weighted by Crippen LogP contribution is 2.19. The fourth-order valence-electron chi connectivity index (χ4n) is 2.45. The van der Waals surface area contributed by atoms with E-state index in [4.69, 9.17) is 9.47 Å². The van der Waals surface area contributed by atoms with Crippen molar-refractivity contribution < 1.29 is 14.3 Å². The van der Waals surface area contributed by atoms with Crippen LogP contribution in [0.2, 0.25) is 0 Å². The number of carbonyl (C=O) groups is 1. The van der Waals surface area contributed by atoms with Crippen LogP contribution in [-0.2, 0) is 15.9 Å². The molecule has 0 N–H and O–H groups in total. The minimum atomic E-state index is -0.325. The molecule has 2 aromatic heterocycles. The molecule has 5 nitrogen and oxygen atoms in total. The smallest absolute Gasteiger partial charge is 0.337 e. The maximum Gasteiger partial charge on any atom is 0.337 e. The van der Waals surface area contributed by atoms with E-state index in [1.807, 2.05) is 10.6 Å². The maximum absolute atomic E-state index is 11.5. The van der Waals surface area contributed by atoms with Crippen LogP contribution in [0.25, 0.3) is 5.52 Å². The van der Waals surface area contributed by atoms with Crippen molar-refractivity contribution in [2.45, 2.75) is 12.8 Å². The van der Waals surface area contributed by atoms with Gasteiger partial charge >= 0.3 is 5.97 Å². The van der Waals surface area contributed by atoms with Crippen LogP contribution in [0.3, 0.4) is 0 Å². The maximum atomic E-state index is 11.5. The number of carbonyl (C=O) groups excluding carboxylic acids is 1. The first-order valence-electron chi connectivity index (χ1n) is 6.40. The minimum absolute atomic E-state index is 0.325. The van der Waals surface area contributed by atoms with Gasteiger partial charge in [0.25, 0.3) is 0 Å². The van der Waals surface area contributed by atoms with Gasteiger partial charge in [0.1, 0.15) is 5.82 Å². The molecule has 1 aliphatic heterocycles. The van der Waals surface area contributed by atoms with Gasteiger partial charge in [0.05, 0.1) is 24.4 Å². The summed E-state index contributed by atoms with van der Waals surface area (Å²) in [6.45, 7) is 1.66. The number of ether oxygens (including phenoxy) is 2. The number of nitrogens with zero attached hydrogens (tertiary/aromatic N) is 2. The molecule has 19 heavy (non-hydrogen) atoms. The Bertz CT molecular complexity index is 600. The van der Waals surface area contributed by atoms with Gasteiger partial charge in [0, 0.05) is 25.8 Å². The van der Waals surface area contributed by atoms with E-state index in [2.05, 4.69) is 4.98 Å². The number of fused-ring (bicyclic) bond motifs is 1. The van der Waals surface area contributed by atoms with Gasteiger partial charge in [-0.25, -0.2) is 9.78 Å². The highest BCUT2D eigenvalue weighted by Gasteiger charge is 2.18. The molecule has 1 unspecified atom stereocenters. The van der Waals surface area contributed by atoms with Gasteiger partial charge in [-0.05, 0) is 24.5 Å². The molecule has 1 aliphatic rings. The summed E-state index contributed by atoms with van der Waals surface area (Å²) in [5.74, 6) is 1.24. The predicted molar refractivity (Wildman–Crippen MR) is 69.2 cm³/mol. The third kappa shape index (κ3) is 2.33. The van der Waals surface area contributed by atoms with Crippen molar-refractivity contribution in [3.05, 3.63) is 35.9 Å². The molecule has 0 saturated carbocycles. The van der Waals surface area contributed by atoms with Gasteiger partial charge in [-0.1, -0.05) is 0 Å². The van der Waals surface area contributed by atoms with Gasteiger partial charge < -0.3 is 13.9 Å². The molecule has 100 valence electrons. The largest absolute Gasteiger partial charge is 0.465 e. The molecule has 0 spiro atoms. The number of methoxy groups -OCH3 is 1. The molecule has 1 saturated heterocycles. The zero-order chi connectivity index (χ0) is 13.2. The summed E-state index contributed by atoms with van der Waals surface area (Å²) in [5.41, 5.74) is 1.46. The molecule has 3 rings (SSSR count). The summed E-state index contributed by atoms with van der Waals surface area (Å²) in [6.07, 6.45) is 5.66. The molecular formula is C14H16N2O3. The second kappa shape index (κ2) is 5.01. The summed E-state index contributed by atoms with van der Waals surface area (Å²) in [4.78, 5) is 15.9. The molecule has 2 aromatic rings. The Kier molecular flexibility index (Phi) is 3.21. The lowest BCUT2D eigenvalue weighted by Crippen LogP contribution is -2.07. The molecule has 0 radical (unpaired) electrons. The second-order valence-electron chi connectivity index (χ2n) is 4.81. The van der Waals surface area contributed by atoms with E-state index >= 15 is 0 Å². The summed E-state index contributed by atoms with van der Waals surface area (Å²) >= 11 is 0. The van der Waals surface area contributed by atoms with Gasteiger partial charge in [-0.3, -0.25) is 0 Å². The van der Waals surface area contributed by atoms with E-state index in [0.717, 1.165) is 37.4 Å². The average molecular weight is 260 g/mol. The summed E-state index contributed by atoms with van der Waals surface area (Å²) in [6, 6.07) is 3.56. The highest BCUT2D eigenvalue weighted by molar-refractivity contribution is 5.90. The number of rotatable bonds is 3. The minimum Gasteiger partial charge on any atom is -0.465 e. The van der Waals surface area contributed by atoms with Gasteiger partial charge in [-0.2, -0.15) is 0 Å². The quantitative estimate of drug-likeness (QED) is 0.788. The van der Waals surface area contributed by atoms with Crippen molar-refractivity contribution in [3.8, 4) is 0 Å². The lowest BCUT2D eigenvalue weighted by molar-refractivity contribution is 0.0600. The van der Waals surface area contributed by atoms with Gasteiger partial charge in [0.2, 0.25) is 0 Å². The van der Waals surface area contributed by atoms with Crippen molar-refractivity contribution in [3.63, 3.8) is 0 Å². The summed E-state index contributed by atoms with van der Waals surface area (Å²) < 4.78 is 12.1. The first kappa shape index (κ1) is 12.2. The summed E-state index contributed by atoms with van der Waals surface area (Å²) in [5, 5.41) is 0. The number of pyridine rings is 1.